The van der Waals surface area contributed by atoms with Crippen LogP contribution in [0, 0.1) is 10.1 Å². The molecule has 0 aromatic heterocycles. The number of nitro groups is 1. The van der Waals surface area contributed by atoms with Gasteiger partial charge in [0.1, 0.15) is 5.75 Å². The highest BCUT2D eigenvalue weighted by atomic mass is 32.2. The highest BCUT2D eigenvalue weighted by Gasteiger charge is 2.30. The van der Waals surface area contributed by atoms with Crippen LogP contribution in [-0.4, -0.2) is 41.2 Å². The van der Waals surface area contributed by atoms with Crippen molar-refractivity contribution in [2.24, 2.45) is 0 Å². The second-order valence-electron chi connectivity index (χ2n) is 6.56. The molecular formula is C20H19N3O7S. The van der Waals surface area contributed by atoms with Gasteiger partial charge in [-0.25, -0.2) is 0 Å². The molecule has 3 rings (SSSR count). The number of benzene rings is 2. The van der Waals surface area contributed by atoms with Gasteiger partial charge in [-0.1, -0.05) is 12.1 Å². The standard InChI is InChI=1S/C20H19N3O7S/c1-11(19(25)22-14-9-12(23(27)28)7-8-15(14)29-2)30-18(24)10-17-20(26)21-13-5-3-4-6-16(13)31-17/h3-9,11,17H,10H2,1-2H3,(H,21,26)(H,22,25)/t11-,17+/m0/s1. The van der Waals surface area contributed by atoms with Gasteiger partial charge >= 0.3 is 5.97 Å². The monoisotopic (exact) mass is 445 g/mol. The van der Waals surface area contributed by atoms with Crippen molar-refractivity contribution >= 4 is 46.6 Å². The van der Waals surface area contributed by atoms with Crippen LogP contribution in [0.4, 0.5) is 17.1 Å². The second-order valence-corrected chi connectivity index (χ2v) is 7.80. The summed E-state index contributed by atoms with van der Waals surface area (Å²) in [6.45, 7) is 1.36. The highest BCUT2D eigenvalue weighted by Crippen LogP contribution is 2.36. The number of esters is 1. The number of carbonyl (C=O) groups is 3. The fourth-order valence-electron chi connectivity index (χ4n) is 2.82. The van der Waals surface area contributed by atoms with Gasteiger partial charge in [-0.2, -0.15) is 0 Å². The van der Waals surface area contributed by atoms with E-state index in [1.165, 1.54) is 37.9 Å². The van der Waals surface area contributed by atoms with Gasteiger partial charge in [0.05, 0.1) is 35.1 Å². The Kier molecular flexibility index (Phi) is 6.75. The Labute approximate surface area is 181 Å². The number of nitrogens with zero attached hydrogens (tertiary/aromatic N) is 1. The maximum atomic E-state index is 12.4. The van der Waals surface area contributed by atoms with E-state index < -0.39 is 28.2 Å². The summed E-state index contributed by atoms with van der Waals surface area (Å²) in [5, 5.41) is 15.5. The molecule has 0 spiro atoms. The topological polar surface area (TPSA) is 137 Å². The van der Waals surface area contributed by atoms with Gasteiger partial charge in [-0.15, -0.1) is 11.8 Å². The Bertz CT molecular complexity index is 1040. The molecule has 31 heavy (non-hydrogen) atoms. The summed E-state index contributed by atoms with van der Waals surface area (Å²) in [6.07, 6.45) is -1.41. The first-order valence-corrected chi connectivity index (χ1v) is 10.1. The van der Waals surface area contributed by atoms with E-state index >= 15 is 0 Å². The number of fused-ring (bicyclic) bond motifs is 1. The van der Waals surface area contributed by atoms with Crippen molar-refractivity contribution in [3.63, 3.8) is 0 Å². The quantitative estimate of drug-likeness (QED) is 0.377. The zero-order chi connectivity index (χ0) is 22.5. The number of non-ortho nitro benzene ring substituents is 1. The number of para-hydroxylation sites is 1. The van der Waals surface area contributed by atoms with E-state index in [1.54, 1.807) is 12.1 Å². The van der Waals surface area contributed by atoms with Gasteiger partial charge in [0.25, 0.3) is 11.6 Å². The van der Waals surface area contributed by atoms with Crippen molar-refractivity contribution in [1.29, 1.82) is 0 Å². The maximum absolute atomic E-state index is 12.4. The van der Waals surface area contributed by atoms with Gasteiger partial charge in [-0.05, 0) is 25.1 Å². The molecule has 1 aliphatic rings. The molecule has 10 nitrogen and oxygen atoms in total. The summed E-state index contributed by atoms with van der Waals surface area (Å²) < 4.78 is 10.2. The van der Waals surface area contributed by atoms with Crippen LogP contribution in [0.15, 0.2) is 47.4 Å². The van der Waals surface area contributed by atoms with E-state index in [4.69, 9.17) is 9.47 Å². The zero-order valence-corrected chi connectivity index (χ0v) is 17.4. The van der Waals surface area contributed by atoms with Crippen molar-refractivity contribution in [3.05, 3.63) is 52.6 Å². The number of hydrogen-bond donors (Lipinski definition) is 2. The Morgan fingerprint density at radius 2 is 2.03 bits per heavy atom. The van der Waals surface area contributed by atoms with Gasteiger partial charge < -0.3 is 20.1 Å². The van der Waals surface area contributed by atoms with E-state index in [0.717, 1.165) is 11.0 Å². The average Bonchev–Trinajstić information content (AvgIpc) is 2.74. The number of methoxy groups -OCH3 is 1. The van der Waals surface area contributed by atoms with Crippen molar-refractivity contribution in [1.82, 2.24) is 0 Å². The predicted octanol–water partition coefficient (Wildman–Crippen LogP) is 2.98. The second kappa shape index (κ2) is 9.47. The molecule has 0 saturated carbocycles. The van der Waals surface area contributed by atoms with E-state index in [0.29, 0.717) is 5.69 Å². The number of carbonyl (C=O) groups excluding carboxylic acids is 3. The first-order chi connectivity index (χ1) is 14.8. The fraction of sp³-hybridized carbons (Fsp3) is 0.250. The van der Waals surface area contributed by atoms with Crippen LogP contribution in [0.5, 0.6) is 5.75 Å². The Morgan fingerprint density at radius 3 is 2.74 bits per heavy atom. The van der Waals surface area contributed by atoms with Crippen LogP contribution in [0.1, 0.15) is 13.3 Å². The summed E-state index contributed by atoms with van der Waals surface area (Å²) in [5.74, 6) is -1.52. The first kappa shape index (κ1) is 22.1. The van der Waals surface area contributed by atoms with Crippen LogP contribution in [-0.2, 0) is 19.1 Å². The summed E-state index contributed by atoms with van der Waals surface area (Å²) in [4.78, 5) is 48.1. The highest BCUT2D eigenvalue weighted by molar-refractivity contribution is 8.01. The molecule has 2 aromatic carbocycles. The summed E-state index contributed by atoms with van der Waals surface area (Å²) in [7, 11) is 1.35. The molecule has 2 amide bonds. The van der Waals surface area contributed by atoms with Gasteiger partial charge in [0.2, 0.25) is 5.91 Å². The lowest BCUT2D eigenvalue weighted by Gasteiger charge is -2.23. The maximum Gasteiger partial charge on any atom is 0.308 e. The molecule has 2 N–H and O–H groups in total. The molecule has 2 aromatic rings. The Hall–Kier alpha value is -3.60. The Morgan fingerprint density at radius 1 is 1.29 bits per heavy atom. The van der Waals surface area contributed by atoms with Gasteiger partial charge in [0.15, 0.2) is 6.10 Å². The molecule has 11 heteroatoms. The van der Waals surface area contributed by atoms with Crippen LogP contribution >= 0.6 is 11.8 Å². The first-order valence-electron chi connectivity index (χ1n) is 9.18. The lowest BCUT2D eigenvalue weighted by atomic mass is 10.2. The summed E-state index contributed by atoms with van der Waals surface area (Å²) >= 11 is 1.25. The predicted molar refractivity (Wildman–Crippen MR) is 113 cm³/mol. The molecule has 0 unspecified atom stereocenters. The third-order valence-electron chi connectivity index (χ3n) is 4.39. The van der Waals surface area contributed by atoms with E-state index in [2.05, 4.69) is 10.6 Å². The Balaban J connectivity index is 1.60. The minimum atomic E-state index is -1.19. The number of nitro benzene ring substituents is 1. The molecule has 0 bridgehead atoms. The SMILES string of the molecule is COc1ccc([N+](=O)[O-])cc1NC(=O)[C@H](C)OC(=O)C[C@H]1Sc2ccccc2NC1=O. The number of anilines is 2. The molecule has 0 radical (unpaired) electrons. The largest absolute Gasteiger partial charge is 0.495 e. The van der Waals surface area contributed by atoms with Crippen molar-refractivity contribution in [2.45, 2.75) is 29.6 Å². The van der Waals surface area contributed by atoms with Gasteiger partial charge in [0, 0.05) is 17.0 Å². The molecule has 0 fully saturated rings. The average molecular weight is 445 g/mol. The van der Waals surface area contributed by atoms with E-state index in [9.17, 15) is 24.5 Å². The minimum absolute atomic E-state index is 0.0726. The third-order valence-corrected chi connectivity index (χ3v) is 5.66. The third kappa shape index (κ3) is 5.31. The molecule has 1 heterocycles. The van der Waals surface area contributed by atoms with Crippen LogP contribution < -0.4 is 15.4 Å². The van der Waals surface area contributed by atoms with Crippen molar-refractivity contribution in [3.8, 4) is 5.75 Å². The number of amides is 2. The molecule has 0 saturated heterocycles. The number of thioether (sulfide) groups is 1. The summed E-state index contributed by atoms with van der Waals surface area (Å²) in [5.41, 5.74) is 0.519. The van der Waals surface area contributed by atoms with Crippen LogP contribution in [0.3, 0.4) is 0 Å². The van der Waals surface area contributed by atoms with Crippen molar-refractivity contribution < 1.29 is 28.8 Å². The number of ether oxygens (including phenoxy) is 2. The normalized spacial score (nSPS) is 15.8. The fourth-order valence-corrected chi connectivity index (χ4v) is 3.91. The smallest absolute Gasteiger partial charge is 0.308 e. The van der Waals surface area contributed by atoms with Crippen LogP contribution in [0.2, 0.25) is 0 Å². The zero-order valence-electron chi connectivity index (χ0n) is 16.6. The lowest BCUT2D eigenvalue weighted by Crippen LogP contribution is -2.34. The number of hydrogen-bond acceptors (Lipinski definition) is 8. The van der Waals surface area contributed by atoms with E-state index in [-0.39, 0.29) is 29.5 Å². The molecular weight excluding hydrogens is 426 g/mol. The molecule has 2 atom stereocenters. The molecule has 1 aliphatic heterocycles. The van der Waals surface area contributed by atoms with Gasteiger partial charge in [-0.3, -0.25) is 24.5 Å². The minimum Gasteiger partial charge on any atom is -0.495 e. The molecule has 0 aliphatic carbocycles. The van der Waals surface area contributed by atoms with E-state index in [1.807, 2.05) is 12.1 Å². The lowest BCUT2D eigenvalue weighted by molar-refractivity contribution is -0.384. The summed E-state index contributed by atoms with van der Waals surface area (Å²) in [6, 6.07) is 11.0. The number of nitrogens with one attached hydrogen (secondary N) is 2. The number of rotatable bonds is 7. The van der Waals surface area contributed by atoms with Crippen LogP contribution in [0.25, 0.3) is 0 Å². The molecule has 162 valence electrons. The van der Waals surface area contributed by atoms with Crippen molar-refractivity contribution in [2.75, 3.05) is 17.7 Å².